The number of nitrogens with two attached hydrogens (primary N) is 1. The molecule has 1 heterocycles. The van der Waals surface area contributed by atoms with Gasteiger partial charge in [-0.05, 0) is 6.07 Å². The average molecular weight is 214 g/mol. The van der Waals surface area contributed by atoms with E-state index in [1.807, 2.05) is 4.57 Å². The fourth-order valence-electron chi connectivity index (χ4n) is 1.36. The van der Waals surface area contributed by atoms with E-state index in [4.69, 9.17) is 15.2 Å². The molecule has 0 saturated heterocycles. The average Bonchev–Trinajstić information content (AvgIpc) is 2.59. The highest BCUT2D eigenvalue weighted by molar-refractivity contribution is 5.92. The second-order valence-electron chi connectivity index (χ2n) is 3.20. The molecule has 0 bridgehead atoms. The summed E-state index contributed by atoms with van der Waals surface area (Å²) in [6, 6.07) is 1.74. The third-order valence-corrected chi connectivity index (χ3v) is 2.10. The highest BCUT2D eigenvalue weighted by Crippen LogP contribution is 2.09. The van der Waals surface area contributed by atoms with E-state index < -0.39 is 5.91 Å². The van der Waals surface area contributed by atoms with Gasteiger partial charge in [-0.25, -0.2) is 0 Å². The molecule has 1 amide bonds. The van der Waals surface area contributed by atoms with Crippen molar-refractivity contribution in [3.8, 4) is 0 Å². The summed E-state index contributed by atoms with van der Waals surface area (Å²) < 4.78 is 11.9. The zero-order valence-electron chi connectivity index (χ0n) is 9.03. The van der Waals surface area contributed by atoms with E-state index in [-0.39, 0.29) is 1.43 Å². The number of aromatic nitrogens is 1. The van der Waals surface area contributed by atoms with Gasteiger partial charge in [-0.3, -0.25) is 4.79 Å². The Morgan fingerprint density at radius 2 is 2.27 bits per heavy atom. The van der Waals surface area contributed by atoms with Crippen molar-refractivity contribution in [2.45, 2.75) is 13.2 Å². The van der Waals surface area contributed by atoms with Crippen molar-refractivity contribution in [2.75, 3.05) is 20.8 Å². The maximum Gasteiger partial charge on any atom is 0.250 e. The number of ether oxygens (including phenoxy) is 2. The van der Waals surface area contributed by atoms with Crippen molar-refractivity contribution in [2.24, 2.45) is 5.73 Å². The normalized spacial score (nSPS) is 10.5. The maximum atomic E-state index is 11.0. The lowest BCUT2D eigenvalue weighted by Crippen LogP contribution is -2.10. The number of nitrogens with zero attached hydrogens (tertiary/aromatic N) is 1. The molecule has 1 rings (SSSR count). The first-order valence-corrected chi connectivity index (χ1v) is 4.65. The van der Waals surface area contributed by atoms with E-state index >= 15 is 0 Å². The summed E-state index contributed by atoms with van der Waals surface area (Å²) in [6.07, 6.45) is 1.72. The molecule has 5 heteroatoms. The molecule has 0 saturated carbocycles. The Morgan fingerprint density at radius 3 is 2.80 bits per heavy atom. The smallest absolute Gasteiger partial charge is 0.250 e. The summed E-state index contributed by atoms with van der Waals surface area (Å²) in [6.45, 7) is 1.73. The van der Waals surface area contributed by atoms with Gasteiger partial charge in [-0.1, -0.05) is 0 Å². The van der Waals surface area contributed by atoms with Crippen LogP contribution in [0.3, 0.4) is 0 Å². The molecule has 0 aliphatic rings. The highest BCUT2D eigenvalue weighted by Gasteiger charge is 2.08. The van der Waals surface area contributed by atoms with E-state index in [9.17, 15) is 4.79 Å². The Balaban J connectivity index is 0.00000225. The Morgan fingerprint density at radius 1 is 1.53 bits per heavy atom. The molecule has 0 spiro atoms. The van der Waals surface area contributed by atoms with Crippen molar-refractivity contribution in [1.82, 2.24) is 4.57 Å². The summed E-state index contributed by atoms with van der Waals surface area (Å²) >= 11 is 0. The van der Waals surface area contributed by atoms with Crippen LogP contribution in [0.15, 0.2) is 12.3 Å². The summed E-state index contributed by atoms with van der Waals surface area (Å²) in [5, 5.41) is 0. The van der Waals surface area contributed by atoms with Crippen LogP contribution in [0.1, 0.15) is 17.5 Å². The van der Waals surface area contributed by atoms with Crippen LogP contribution in [0.25, 0.3) is 0 Å². The molecule has 1 aromatic rings. The van der Waals surface area contributed by atoms with Gasteiger partial charge in [0, 0.05) is 34.1 Å². The first-order valence-electron chi connectivity index (χ1n) is 4.65. The lowest BCUT2D eigenvalue weighted by molar-refractivity contribution is 0.1000. The van der Waals surface area contributed by atoms with Gasteiger partial charge in [0.05, 0.1) is 18.8 Å². The molecule has 0 aliphatic carbocycles. The number of methoxy groups -OCH3 is 2. The van der Waals surface area contributed by atoms with E-state index in [1.54, 1.807) is 26.5 Å². The molecule has 1 aromatic heterocycles. The summed E-state index contributed by atoms with van der Waals surface area (Å²) in [5.41, 5.74) is 6.61. The highest BCUT2D eigenvalue weighted by atomic mass is 16.5. The van der Waals surface area contributed by atoms with Crippen LogP contribution in [0.5, 0.6) is 0 Å². The fraction of sp³-hybridized carbons (Fsp3) is 0.500. The van der Waals surface area contributed by atoms with Crippen LogP contribution in [-0.4, -0.2) is 31.3 Å². The monoisotopic (exact) mass is 214 g/mol. The molecule has 0 unspecified atom stereocenters. The molecular formula is C10H18N2O3. The number of carbonyl (C=O) groups is 1. The first-order chi connectivity index (χ1) is 7.19. The number of rotatable bonds is 6. The Bertz CT molecular complexity index is 339. The van der Waals surface area contributed by atoms with Gasteiger partial charge in [0.1, 0.15) is 0 Å². The Hall–Kier alpha value is -1.33. The zero-order chi connectivity index (χ0) is 11.3. The van der Waals surface area contributed by atoms with E-state index in [0.29, 0.717) is 25.3 Å². The van der Waals surface area contributed by atoms with Gasteiger partial charge >= 0.3 is 0 Å². The standard InChI is InChI=1S/C10H16N2O3.H2/c1-14-4-3-12-6-8(10(11)13)5-9(12)7-15-2;/h5-6H,3-4,7H2,1-2H3,(H2,11,13);1H. The Labute approximate surface area is 90.3 Å². The van der Waals surface area contributed by atoms with Crippen molar-refractivity contribution < 1.29 is 15.7 Å². The van der Waals surface area contributed by atoms with Crippen molar-refractivity contribution in [3.05, 3.63) is 23.5 Å². The van der Waals surface area contributed by atoms with Crippen LogP contribution in [0, 0.1) is 0 Å². The van der Waals surface area contributed by atoms with Gasteiger partial charge in [-0.2, -0.15) is 0 Å². The summed E-state index contributed by atoms with van der Waals surface area (Å²) in [4.78, 5) is 11.0. The predicted octanol–water partition coefficient (Wildman–Crippen LogP) is 0.626. The van der Waals surface area contributed by atoms with Crippen molar-refractivity contribution >= 4 is 5.91 Å². The van der Waals surface area contributed by atoms with Gasteiger partial charge in [-0.15, -0.1) is 0 Å². The SMILES string of the molecule is COCCn1cc(C(N)=O)cc1COC.[HH]. The van der Waals surface area contributed by atoms with Crippen molar-refractivity contribution in [3.63, 3.8) is 0 Å². The van der Waals surface area contributed by atoms with Crippen LogP contribution >= 0.6 is 0 Å². The molecule has 0 aromatic carbocycles. The van der Waals surface area contributed by atoms with Gasteiger partial charge < -0.3 is 19.8 Å². The number of carbonyl (C=O) groups excluding carboxylic acids is 1. The number of amides is 1. The summed E-state index contributed by atoms with van der Waals surface area (Å²) in [7, 11) is 3.24. The minimum atomic E-state index is -0.427. The molecule has 15 heavy (non-hydrogen) atoms. The zero-order valence-corrected chi connectivity index (χ0v) is 9.03. The second-order valence-corrected chi connectivity index (χ2v) is 3.20. The van der Waals surface area contributed by atoms with Crippen molar-refractivity contribution in [1.29, 1.82) is 0 Å². The number of primary amides is 1. The molecule has 0 aliphatic heterocycles. The largest absolute Gasteiger partial charge is 0.383 e. The quantitative estimate of drug-likeness (QED) is 0.755. The minimum Gasteiger partial charge on any atom is -0.383 e. The Kier molecular flexibility index (Phi) is 4.33. The lowest BCUT2D eigenvalue weighted by Gasteiger charge is -2.06. The van der Waals surface area contributed by atoms with Crippen LogP contribution in [0.4, 0.5) is 0 Å². The summed E-state index contributed by atoms with van der Waals surface area (Å²) in [5.74, 6) is -0.427. The molecule has 86 valence electrons. The van der Waals surface area contributed by atoms with E-state index in [0.717, 1.165) is 5.69 Å². The lowest BCUT2D eigenvalue weighted by atomic mass is 10.3. The molecular weight excluding hydrogens is 196 g/mol. The fourth-order valence-corrected chi connectivity index (χ4v) is 1.36. The third-order valence-electron chi connectivity index (χ3n) is 2.10. The molecule has 0 atom stereocenters. The van der Waals surface area contributed by atoms with Crippen LogP contribution in [0.2, 0.25) is 0 Å². The van der Waals surface area contributed by atoms with E-state index in [2.05, 4.69) is 0 Å². The maximum absolute atomic E-state index is 11.0. The molecule has 0 radical (unpaired) electrons. The van der Waals surface area contributed by atoms with Crippen LogP contribution < -0.4 is 5.73 Å². The third kappa shape index (κ3) is 3.07. The molecule has 5 nitrogen and oxygen atoms in total. The number of hydrogen-bond donors (Lipinski definition) is 1. The van der Waals surface area contributed by atoms with Gasteiger partial charge in [0.25, 0.3) is 0 Å². The topological polar surface area (TPSA) is 66.5 Å². The van der Waals surface area contributed by atoms with Crippen LogP contribution in [-0.2, 0) is 22.6 Å². The molecule has 2 N–H and O–H groups in total. The molecule has 0 fully saturated rings. The number of hydrogen-bond acceptors (Lipinski definition) is 3. The van der Waals surface area contributed by atoms with Gasteiger partial charge in [0.2, 0.25) is 5.91 Å². The first kappa shape index (κ1) is 11.7. The second kappa shape index (κ2) is 5.53. The van der Waals surface area contributed by atoms with Gasteiger partial charge in [0.15, 0.2) is 0 Å². The van der Waals surface area contributed by atoms with E-state index in [1.165, 1.54) is 0 Å². The predicted molar refractivity (Wildman–Crippen MR) is 57.7 cm³/mol. The minimum absolute atomic E-state index is 0.